The predicted molar refractivity (Wildman–Crippen MR) is 100 cm³/mol. The Balaban J connectivity index is 1.56. The van der Waals surface area contributed by atoms with Crippen LogP contribution in [0.1, 0.15) is 46.4 Å². The van der Waals surface area contributed by atoms with Crippen LogP contribution >= 0.6 is 0 Å². The van der Waals surface area contributed by atoms with E-state index in [0.717, 1.165) is 36.5 Å². The Kier molecular flexibility index (Phi) is 4.73. The van der Waals surface area contributed by atoms with Crippen molar-refractivity contribution in [3.8, 4) is 11.3 Å². The molecule has 1 aromatic carbocycles. The number of hydrogen-bond acceptors (Lipinski definition) is 5. The highest BCUT2D eigenvalue weighted by Crippen LogP contribution is 2.34. The topological polar surface area (TPSA) is 79.5 Å². The molecule has 138 valence electrons. The molecule has 1 fully saturated rings. The van der Waals surface area contributed by atoms with Gasteiger partial charge in [-0.05, 0) is 44.5 Å². The molecule has 1 aliphatic heterocycles. The van der Waals surface area contributed by atoms with Gasteiger partial charge in [-0.2, -0.15) is 0 Å². The van der Waals surface area contributed by atoms with Crippen molar-refractivity contribution in [2.45, 2.75) is 32.4 Å². The fourth-order valence-corrected chi connectivity index (χ4v) is 3.76. The van der Waals surface area contributed by atoms with Gasteiger partial charge >= 0.3 is 5.97 Å². The Morgan fingerprint density at radius 1 is 1.22 bits per heavy atom. The minimum Gasteiger partial charge on any atom is -0.478 e. The second-order valence-corrected chi connectivity index (χ2v) is 6.77. The third-order valence-electron chi connectivity index (χ3n) is 5.04. The molecular formula is C21H21N3O3. The molecule has 4 rings (SSSR count). The summed E-state index contributed by atoms with van der Waals surface area (Å²) in [5.74, 6) is 0.439. The van der Waals surface area contributed by atoms with Crippen LogP contribution in [-0.4, -0.2) is 32.5 Å². The zero-order valence-electron chi connectivity index (χ0n) is 15.1. The zero-order valence-corrected chi connectivity index (χ0v) is 15.1. The van der Waals surface area contributed by atoms with Crippen molar-refractivity contribution in [1.29, 1.82) is 0 Å². The van der Waals surface area contributed by atoms with E-state index in [9.17, 15) is 9.90 Å². The maximum absolute atomic E-state index is 11.4. The van der Waals surface area contributed by atoms with E-state index in [2.05, 4.69) is 14.9 Å². The number of aromatic nitrogens is 2. The molecule has 3 aromatic rings. The molecule has 6 heteroatoms. The van der Waals surface area contributed by atoms with Crippen molar-refractivity contribution in [3.63, 3.8) is 0 Å². The summed E-state index contributed by atoms with van der Waals surface area (Å²) in [4.78, 5) is 22.7. The van der Waals surface area contributed by atoms with Gasteiger partial charge in [-0.3, -0.25) is 14.9 Å². The van der Waals surface area contributed by atoms with Gasteiger partial charge in [-0.15, -0.1) is 0 Å². The second kappa shape index (κ2) is 7.32. The maximum Gasteiger partial charge on any atom is 0.336 e. The normalized spacial score (nSPS) is 17.3. The number of aromatic carboxylic acids is 1. The molecule has 0 unspecified atom stereocenters. The van der Waals surface area contributed by atoms with Crippen LogP contribution in [0.3, 0.4) is 0 Å². The average Bonchev–Trinajstić information content (AvgIpc) is 3.32. The van der Waals surface area contributed by atoms with Crippen LogP contribution in [-0.2, 0) is 6.54 Å². The van der Waals surface area contributed by atoms with Gasteiger partial charge in [0.25, 0.3) is 0 Å². The number of carbonyl (C=O) groups is 1. The van der Waals surface area contributed by atoms with Gasteiger partial charge in [0.15, 0.2) is 0 Å². The van der Waals surface area contributed by atoms with Crippen molar-refractivity contribution in [2.24, 2.45) is 0 Å². The Hall–Kier alpha value is -2.99. The average molecular weight is 363 g/mol. The highest BCUT2D eigenvalue weighted by atomic mass is 16.4. The summed E-state index contributed by atoms with van der Waals surface area (Å²) in [5, 5.41) is 9.39. The molecule has 2 aromatic heterocycles. The van der Waals surface area contributed by atoms with Crippen LogP contribution in [0, 0.1) is 6.92 Å². The minimum absolute atomic E-state index is 0.235. The molecular weight excluding hydrogens is 342 g/mol. The number of aryl methyl sites for hydroxylation is 1. The summed E-state index contributed by atoms with van der Waals surface area (Å²) in [7, 11) is 0. The molecule has 27 heavy (non-hydrogen) atoms. The van der Waals surface area contributed by atoms with Crippen molar-refractivity contribution < 1.29 is 14.3 Å². The fraction of sp³-hybridized carbons (Fsp3) is 0.286. The Morgan fingerprint density at radius 3 is 2.85 bits per heavy atom. The van der Waals surface area contributed by atoms with Gasteiger partial charge in [0, 0.05) is 18.0 Å². The number of hydrogen-bond donors (Lipinski definition) is 1. The van der Waals surface area contributed by atoms with E-state index >= 15 is 0 Å². The van der Waals surface area contributed by atoms with Gasteiger partial charge in [-0.1, -0.05) is 18.2 Å². The first-order valence-corrected chi connectivity index (χ1v) is 9.06. The lowest BCUT2D eigenvalue weighted by atomic mass is 10.1. The van der Waals surface area contributed by atoms with Crippen LogP contribution in [0.15, 0.2) is 53.2 Å². The molecule has 0 saturated carbocycles. The lowest BCUT2D eigenvalue weighted by Gasteiger charge is -2.23. The van der Waals surface area contributed by atoms with E-state index < -0.39 is 5.97 Å². The van der Waals surface area contributed by atoms with Crippen molar-refractivity contribution >= 4 is 5.97 Å². The lowest BCUT2D eigenvalue weighted by Crippen LogP contribution is -2.24. The molecule has 3 heterocycles. The molecule has 0 amide bonds. The van der Waals surface area contributed by atoms with Crippen LogP contribution in [0.25, 0.3) is 11.3 Å². The van der Waals surface area contributed by atoms with Crippen LogP contribution < -0.4 is 0 Å². The third kappa shape index (κ3) is 3.48. The first kappa shape index (κ1) is 17.4. The number of furan rings is 1. The summed E-state index contributed by atoms with van der Waals surface area (Å²) in [6.07, 6.45) is 5.62. The van der Waals surface area contributed by atoms with Gasteiger partial charge in [0.05, 0.1) is 29.5 Å². The third-order valence-corrected chi connectivity index (χ3v) is 5.04. The van der Waals surface area contributed by atoms with E-state index in [0.29, 0.717) is 17.9 Å². The van der Waals surface area contributed by atoms with E-state index in [1.807, 2.05) is 25.1 Å². The molecule has 0 aliphatic carbocycles. The maximum atomic E-state index is 11.4. The first-order valence-electron chi connectivity index (χ1n) is 9.06. The van der Waals surface area contributed by atoms with Gasteiger partial charge in [0.2, 0.25) is 0 Å². The van der Waals surface area contributed by atoms with Crippen molar-refractivity contribution in [1.82, 2.24) is 14.9 Å². The second-order valence-electron chi connectivity index (χ2n) is 6.77. The summed E-state index contributed by atoms with van der Waals surface area (Å²) in [6.45, 7) is 3.63. The quantitative estimate of drug-likeness (QED) is 0.736. The molecule has 0 spiro atoms. The smallest absolute Gasteiger partial charge is 0.336 e. The first-order chi connectivity index (χ1) is 13.1. The van der Waals surface area contributed by atoms with E-state index in [1.54, 1.807) is 30.6 Å². The number of rotatable bonds is 5. The molecule has 0 radical (unpaired) electrons. The monoisotopic (exact) mass is 363 g/mol. The van der Waals surface area contributed by atoms with Crippen LogP contribution in [0.4, 0.5) is 0 Å². The molecule has 6 nitrogen and oxygen atoms in total. The van der Waals surface area contributed by atoms with E-state index in [-0.39, 0.29) is 11.6 Å². The minimum atomic E-state index is -0.957. The van der Waals surface area contributed by atoms with E-state index in [4.69, 9.17) is 4.42 Å². The SMILES string of the molecule is Cc1nccnc1[C@@H]1CCCN1Cc1ccc(-c2ccccc2C(=O)O)o1. The van der Waals surface area contributed by atoms with Crippen molar-refractivity contribution in [2.75, 3.05) is 6.54 Å². The van der Waals surface area contributed by atoms with Crippen molar-refractivity contribution in [3.05, 3.63) is 71.5 Å². The molecule has 1 N–H and O–H groups in total. The standard InChI is InChI=1S/C21H21N3O3/c1-14-20(23-11-10-22-14)18-7-4-12-24(18)13-15-8-9-19(27-15)16-5-2-3-6-17(16)21(25)26/h2-3,5-6,8-11,18H,4,7,12-13H2,1H3,(H,25,26)/t18-/m0/s1. The Bertz CT molecular complexity index is 967. The Morgan fingerprint density at radius 2 is 2.04 bits per heavy atom. The summed E-state index contributed by atoms with van der Waals surface area (Å²) < 4.78 is 6.00. The lowest BCUT2D eigenvalue weighted by molar-refractivity contribution is 0.0697. The largest absolute Gasteiger partial charge is 0.478 e. The number of nitrogens with zero attached hydrogens (tertiary/aromatic N) is 3. The zero-order chi connectivity index (χ0) is 18.8. The Labute approximate surface area is 157 Å². The van der Waals surface area contributed by atoms with Crippen LogP contribution in [0.5, 0.6) is 0 Å². The fourth-order valence-electron chi connectivity index (χ4n) is 3.76. The number of carboxylic acids is 1. The van der Waals surface area contributed by atoms with Crippen LogP contribution in [0.2, 0.25) is 0 Å². The summed E-state index contributed by atoms with van der Waals surface area (Å²) >= 11 is 0. The molecule has 1 aliphatic rings. The summed E-state index contributed by atoms with van der Waals surface area (Å²) in [5.41, 5.74) is 2.83. The highest BCUT2D eigenvalue weighted by molar-refractivity contribution is 5.95. The summed E-state index contributed by atoms with van der Waals surface area (Å²) in [6, 6.07) is 10.9. The molecule has 1 atom stereocenters. The predicted octanol–water partition coefficient (Wildman–Crippen LogP) is 4.08. The number of likely N-dealkylation sites (tertiary alicyclic amines) is 1. The molecule has 0 bridgehead atoms. The highest BCUT2D eigenvalue weighted by Gasteiger charge is 2.29. The molecule has 1 saturated heterocycles. The van der Waals surface area contributed by atoms with Gasteiger partial charge in [-0.25, -0.2) is 4.79 Å². The van der Waals surface area contributed by atoms with E-state index in [1.165, 1.54) is 0 Å². The number of carboxylic acid groups (broad SMARTS) is 1. The number of benzene rings is 1. The van der Waals surface area contributed by atoms with Gasteiger partial charge < -0.3 is 9.52 Å². The van der Waals surface area contributed by atoms with Gasteiger partial charge in [0.1, 0.15) is 11.5 Å².